The van der Waals surface area contributed by atoms with Gasteiger partial charge in [-0.05, 0) is 29.7 Å². The zero-order valence-electron chi connectivity index (χ0n) is 14.1. The first-order valence-electron chi connectivity index (χ1n) is 8.13. The van der Waals surface area contributed by atoms with Crippen molar-refractivity contribution in [2.75, 3.05) is 0 Å². The molecule has 6 heteroatoms. The Morgan fingerprint density at radius 1 is 1.12 bits per heavy atom. The van der Waals surface area contributed by atoms with Crippen molar-refractivity contribution in [3.8, 4) is 11.3 Å². The van der Waals surface area contributed by atoms with Crippen molar-refractivity contribution in [3.63, 3.8) is 0 Å². The Morgan fingerprint density at radius 3 is 2.73 bits per heavy atom. The standard InChI is InChI=1S/C20H15FN4O/c1-25-12-19(23-24-25)13-6-7-14-11-22-16(9-15(14)8-13)10-20(26)17-4-2-3-5-18(17)21/h2-9,11-12H,10H2,1H3. The molecule has 0 spiro atoms. The fourth-order valence-electron chi connectivity index (χ4n) is 2.87. The van der Waals surface area contributed by atoms with E-state index in [1.54, 1.807) is 23.0 Å². The molecule has 0 aliphatic heterocycles. The normalized spacial score (nSPS) is 11.0. The van der Waals surface area contributed by atoms with Crippen LogP contribution in [-0.2, 0) is 13.5 Å². The number of nitrogens with zero attached hydrogens (tertiary/aromatic N) is 4. The maximum Gasteiger partial charge on any atom is 0.171 e. The number of ketones is 1. The molecule has 2 aromatic heterocycles. The van der Waals surface area contributed by atoms with E-state index in [4.69, 9.17) is 0 Å². The van der Waals surface area contributed by atoms with Crippen LogP contribution in [0.25, 0.3) is 22.0 Å². The Bertz CT molecular complexity index is 1120. The summed E-state index contributed by atoms with van der Waals surface area (Å²) in [6, 6.07) is 13.7. The lowest BCUT2D eigenvalue weighted by atomic mass is 10.0. The lowest BCUT2D eigenvalue weighted by molar-refractivity contribution is 0.0988. The fourth-order valence-corrected chi connectivity index (χ4v) is 2.87. The number of aryl methyl sites for hydroxylation is 1. The Labute approximate surface area is 149 Å². The second kappa shape index (κ2) is 6.48. The van der Waals surface area contributed by atoms with Gasteiger partial charge in [-0.3, -0.25) is 14.5 Å². The maximum absolute atomic E-state index is 13.8. The molecule has 4 aromatic rings. The van der Waals surface area contributed by atoms with Crippen LogP contribution in [0.2, 0.25) is 0 Å². The zero-order chi connectivity index (χ0) is 18.1. The summed E-state index contributed by atoms with van der Waals surface area (Å²) >= 11 is 0. The second-order valence-corrected chi connectivity index (χ2v) is 6.09. The molecule has 0 amide bonds. The largest absolute Gasteiger partial charge is 0.294 e. The number of rotatable bonds is 4. The summed E-state index contributed by atoms with van der Waals surface area (Å²) < 4.78 is 15.4. The molecule has 128 valence electrons. The predicted molar refractivity (Wildman–Crippen MR) is 96.2 cm³/mol. The van der Waals surface area contributed by atoms with Gasteiger partial charge in [-0.25, -0.2) is 4.39 Å². The average Bonchev–Trinajstić information content (AvgIpc) is 3.08. The van der Waals surface area contributed by atoms with Crippen LogP contribution in [0.5, 0.6) is 0 Å². The molecule has 0 aliphatic carbocycles. The molecule has 2 heterocycles. The van der Waals surface area contributed by atoms with E-state index in [0.717, 1.165) is 22.0 Å². The molecule has 0 atom stereocenters. The van der Waals surface area contributed by atoms with E-state index in [2.05, 4.69) is 15.3 Å². The van der Waals surface area contributed by atoms with Gasteiger partial charge in [0.2, 0.25) is 0 Å². The number of Topliss-reactive ketones (excluding diaryl/α,β-unsaturated/α-hetero) is 1. The topological polar surface area (TPSA) is 60.7 Å². The number of hydrogen-bond donors (Lipinski definition) is 0. The van der Waals surface area contributed by atoms with Gasteiger partial charge in [0.1, 0.15) is 11.5 Å². The molecule has 0 unspecified atom stereocenters. The van der Waals surface area contributed by atoms with Crippen molar-refractivity contribution in [3.05, 3.63) is 78.0 Å². The summed E-state index contributed by atoms with van der Waals surface area (Å²) in [5, 5.41) is 9.96. The van der Waals surface area contributed by atoms with Crippen molar-refractivity contribution in [2.24, 2.45) is 7.05 Å². The fraction of sp³-hybridized carbons (Fsp3) is 0.100. The minimum Gasteiger partial charge on any atom is -0.294 e. The van der Waals surface area contributed by atoms with Crippen molar-refractivity contribution in [1.29, 1.82) is 0 Å². The molecule has 4 rings (SSSR count). The highest BCUT2D eigenvalue weighted by molar-refractivity contribution is 5.98. The SMILES string of the molecule is Cn1cc(-c2ccc3cnc(CC(=O)c4ccccc4F)cc3c2)nn1. The monoisotopic (exact) mass is 346 g/mol. The van der Waals surface area contributed by atoms with E-state index in [1.165, 1.54) is 12.1 Å². The summed E-state index contributed by atoms with van der Waals surface area (Å²) in [6.45, 7) is 0. The quantitative estimate of drug-likeness (QED) is 0.530. The molecule has 26 heavy (non-hydrogen) atoms. The van der Waals surface area contributed by atoms with Gasteiger partial charge in [0.15, 0.2) is 5.78 Å². The van der Waals surface area contributed by atoms with E-state index in [9.17, 15) is 9.18 Å². The first-order valence-corrected chi connectivity index (χ1v) is 8.13. The molecular formula is C20H15FN4O. The molecule has 0 aliphatic rings. The summed E-state index contributed by atoms with van der Waals surface area (Å²) in [4.78, 5) is 16.7. The number of halogens is 1. The summed E-state index contributed by atoms with van der Waals surface area (Å²) in [5.74, 6) is -0.803. The number of aromatic nitrogens is 4. The van der Waals surface area contributed by atoms with Gasteiger partial charge in [0.25, 0.3) is 0 Å². The van der Waals surface area contributed by atoms with Crippen LogP contribution >= 0.6 is 0 Å². The Morgan fingerprint density at radius 2 is 1.96 bits per heavy atom. The van der Waals surface area contributed by atoms with Crippen LogP contribution in [0.4, 0.5) is 4.39 Å². The van der Waals surface area contributed by atoms with Crippen LogP contribution in [0.3, 0.4) is 0 Å². The molecule has 0 bridgehead atoms. The highest BCUT2D eigenvalue weighted by atomic mass is 19.1. The summed E-state index contributed by atoms with van der Waals surface area (Å²) in [5.41, 5.74) is 2.39. The first kappa shape index (κ1) is 16.1. The van der Waals surface area contributed by atoms with Gasteiger partial charge in [0.05, 0.1) is 18.2 Å². The number of hydrogen-bond acceptors (Lipinski definition) is 4. The Balaban J connectivity index is 1.66. The molecular weight excluding hydrogens is 331 g/mol. The number of fused-ring (bicyclic) bond motifs is 1. The highest BCUT2D eigenvalue weighted by Gasteiger charge is 2.13. The van der Waals surface area contributed by atoms with Gasteiger partial charge in [-0.2, -0.15) is 0 Å². The summed E-state index contributed by atoms with van der Waals surface area (Å²) in [7, 11) is 1.81. The minimum atomic E-state index is -0.511. The van der Waals surface area contributed by atoms with Crippen molar-refractivity contribution < 1.29 is 9.18 Å². The molecule has 0 fully saturated rings. The number of carbonyl (C=O) groups excluding carboxylic acids is 1. The van der Waals surface area contributed by atoms with Crippen LogP contribution in [0.1, 0.15) is 16.1 Å². The first-order chi connectivity index (χ1) is 12.6. The van der Waals surface area contributed by atoms with Crippen LogP contribution < -0.4 is 0 Å². The van der Waals surface area contributed by atoms with Gasteiger partial charge < -0.3 is 0 Å². The number of carbonyl (C=O) groups is 1. The average molecular weight is 346 g/mol. The van der Waals surface area contributed by atoms with E-state index < -0.39 is 5.82 Å². The Hall–Kier alpha value is -3.41. The van der Waals surface area contributed by atoms with Crippen molar-refractivity contribution in [1.82, 2.24) is 20.0 Å². The third kappa shape index (κ3) is 3.09. The van der Waals surface area contributed by atoms with Crippen molar-refractivity contribution in [2.45, 2.75) is 6.42 Å². The summed E-state index contributed by atoms with van der Waals surface area (Å²) in [6.07, 6.45) is 3.61. The molecule has 0 saturated heterocycles. The van der Waals surface area contributed by atoms with Gasteiger partial charge in [-0.15, -0.1) is 5.10 Å². The van der Waals surface area contributed by atoms with E-state index in [-0.39, 0.29) is 17.8 Å². The second-order valence-electron chi connectivity index (χ2n) is 6.09. The van der Waals surface area contributed by atoms with Crippen LogP contribution in [-0.4, -0.2) is 25.8 Å². The molecule has 0 saturated carbocycles. The molecule has 0 radical (unpaired) electrons. The van der Waals surface area contributed by atoms with Gasteiger partial charge >= 0.3 is 0 Å². The number of benzene rings is 2. The zero-order valence-corrected chi connectivity index (χ0v) is 14.1. The molecule has 0 N–H and O–H groups in total. The van der Waals surface area contributed by atoms with Crippen LogP contribution in [0.15, 0.2) is 60.9 Å². The lowest BCUT2D eigenvalue weighted by Crippen LogP contribution is -2.07. The van der Waals surface area contributed by atoms with Crippen molar-refractivity contribution >= 4 is 16.6 Å². The predicted octanol–water partition coefficient (Wildman–Crippen LogP) is 3.59. The lowest BCUT2D eigenvalue weighted by Gasteiger charge is -2.05. The highest BCUT2D eigenvalue weighted by Crippen LogP contribution is 2.23. The number of pyridine rings is 1. The van der Waals surface area contributed by atoms with E-state index in [1.807, 2.05) is 37.5 Å². The molecule has 5 nitrogen and oxygen atoms in total. The van der Waals surface area contributed by atoms with E-state index in [0.29, 0.717) is 5.69 Å². The minimum absolute atomic E-state index is 0.0479. The van der Waals surface area contributed by atoms with Gasteiger partial charge in [-0.1, -0.05) is 29.5 Å². The molecule has 2 aromatic carbocycles. The third-order valence-corrected chi connectivity index (χ3v) is 4.19. The maximum atomic E-state index is 13.8. The van der Waals surface area contributed by atoms with Gasteiger partial charge in [0, 0.05) is 29.9 Å². The smallest absolute Gasteiger partial charge is 0.171 e. The van der Waals surface area contributed by atoms with Crippen LogP contribution in [0, 0.1) is 5.82 Å². The third-order valence-electron chi connectivity index (χ3n) is 4.19. The Kier molecular flexibility index (Phi) is 4.01. The van der Waals surface area contributed by atoms with E-state index >= 15 is 0 Å².